The van der Waals surface area contributed by atoms with E-state index in [-0.39, 0.29) is 5.91 Å². The third kappa shape index (κ3) is 4.99. The second-order valence-electron chi connectivity index (χ2n) is 6.00. The van der Waals surface area contributed by atoms with E-state index in [0.717, 1.165) is 22.5 Å². The molecule has 0 aliphatic heterocycles. The molecule has 5 nitrogen and oxygen atoms in total. The molecule has 0 bridgehead atoms. The number of nitrogens with zero attached hydrogens (tertiary/aromatic N) is 1. The molecule has 0 radical (unpaired) electrons. The molecule has 0 spiro atoms. The molecule has 140 valence electrons. The van der Waals surface area contributed by atoms with Crippen molar-refractivity contribution in [3.05, 3.63) is 59.1 Å². The van der Waals surface area contributed by atoms with Gasteiger partial charge in [0.1, 0.15) is 6.04 Å². The molecule has 1 atom stereocenters. The Bertz CT molecular complexity index is 867. The molecule has 26 heavy (non-hydrogen) atoms. The number of aryl methyl sites for hydroxylation is 1. The normalized spacial score (nSPS) is 12.5. The molecule has 0 unspecified atom stereocenters. The maximum atomic E-state index is 12.8. The Morgan fingerprint density at radius 2 is 1.81 bits per heavy atom. The molecule has 0 fully saturated rings. The number of nitrogens with one attached hydrogen (secondary N) is 1. The Kier molecular flexibility index (Phi) is 6.67. The van der Waals surface area contributed by atoms with Crippen LogP contribution >= 0.6 is 11.6 Å². The first-order valence-corrected chi connectivity index (χ1v) is 10.6. The van der Waals surface area contributed by atoms with Gasteiger partial charge in [0.25, 0.3) is 0 Å². The van der Waals surface area contributed by atoms with Crippen LogP contribution in [0.3, 0.4) is 0 Å². The lowest BCUT2D eigenvalue weighted by atomic mass is 10.1. The van der Waals surface area contributed by atoms with Gasteiger partial charge in [0.15, 0.2) is 0 Å². The molecule has 0 aromatic heterocycles. The highest BCUT2D eigenvalue weighted by atomic mass is 35.5. The van der Waals surface area contributed by atoms with Crippen LogP contribution in [0.4, 0.5) is 11.4 Å². The minimum Gasteiger partial charge on any atom is -0.324 e. The van der Waals surface area contributed by atoms with Crippen molar-refractivity contribution in [1.82, 2.24) is 0 Å². The van der Waals surface area contributed by atoms with Crippen LogP contribution in [0.5, 0.6) is 0 Å². The zero-order chi connectivity index (χ0) is 19.3. The van der Waals surface area contributed by atoms with Crippen molar-refractivity contribution in [2.45, 2.75) is 32.7 Å². The molecule has 2 aromatic rings. The highest BCUT2D eigenvalue weighted by Crippen LogP contribution is 2.26. The lowest BCUT2D eigenvalue weighted by molar-refractivity contribution is -0.117. The van der Waals surface area contributed by atoms with Gasteiger partial charge >= 0.3 is 0 Å². The fourth-order valence-electron chi connectivity index (χ4n) is 2.72. The SMILES string of the molecule is CCc1ccc(NC(=O)[C@H](CC)N(c2cccc(Cl)c2)S(C)(=O)=O)cc1. The van der Waals surface area contributed by atoms with Crippen LogP contribution in [-0.4, -0.2) is 26.6 Å². The Balaban J connectivity index is 2.33. The van der Waals surface area contributed by atoms with Crippen LogP contribution in [0.15, 0.2) is 48.5 Å². The number of carbonyl (C=O) groups excluding carboxylic acids is 1. The van der Waals surface area contributed by atoms with Gasteiger partial charge in [-0.2, -0.15) is 0 Å². The second-order valence-corrected chi connectivity index (χ2v) is 8.30. The van der Waals surface area contributed by atoms with Gasteiger partial charge in [-0.05, 0) is 48.7 Å². The van der Waals surface area contributed by atoms with Gasteiger partial charge in [0.2, 0.25) is 15.9 Å². The second kappa shape index (κ2) is 8.56. The fourth-order valence-corrected chi connectivity index (χ4v) is 4.11. The number of halogens is 1. The minimum atomic E-state index is -3.68. The van der Waals surface area contributed by atoms with Crippen LogP contribution in [0, 0.1) is 0 Å². The zero-order valence-corrected chi connectivity index (χ0v) is 16.6. The topological polar surface area (TPSA) is 66.5 Å². The van der Waals surface area contributed by atoms with E-state index in [1.165, 1.54) is 6.07 Å². The number of hydrogen-bond donors (Lipinski definition) is 1. The van der Waals surface area contributed by atoms with Crippen LogP contribution in [0.2, 0.25) is 5.02 Å². The Hall–Kier alpha value is -2.05. The maximum Gasteiger partial charge on any atom is 0.248 e. The highest BCUT2D eigenvalue weighted by Gasteiger charge is 2.31. The molecule has 1 N–H and O–H groups in total. The number of sulfonamides is 1. The summed E-state index contributed by atoms with van der Waals surface area (Å²) in [7, 11) is -3.68. The van der Waals surface area contributed by atoms with Crippen LogP contribution in [0.25, 0.3) is 0 Å². The molecule has 2 rings (SSSR count). The van der Waals surface area contributed by atoms with Crippen molar-refractivity contribution in [3.63, 3.8) is 0 Å². The van der Waals surface area contributed by atoms with E-state index < -0.39 is 16.1 Å². The molecule has 7 heteroatoms. The number of carbonyl (C=O) groups is 1. The lowest BCUT2D eigenvalue weighted by Crippen LogP contribution is -2.47. The van der Waals surface area contributed by atoms with E-state index in [4.69, 9.17) is 11.6 Å². The van der Waals surface area contributed by atoms with Gasteiger partial charge < -0.3 is 5.32 Å². The van der Waals surface area contributed by atoms with Crippen molar-refractivity contribution in [2.24, 2.45) is 0 Å². The average Bonchev–Trinajstić information content (AvgIpc) is 2.58. The van der Waals surface area contributed by atoms with Gasteiger partial charge in [0.05, 0.1) is 11.9 Å². The molecule has 0 aliphatic rings. The first kappa shape index (κ1) is 20.3. The Morgan fingerprint density at radius 1 is 1.15 bits per heavy atom. The summed E-state index contributed by atoms with van der Waals surface area (Å²) < 4.78 is 25.9. The van der Waals surface area contributed by atoms with Crippen molar-refractivity contribution in [3.8, 4) is 0 Å². The molecule has 0 heterocycles. The number of amides is 1. The molecule has 1 amide bonds. The van der Waals surface area contributed by atoms with Gasteiger partial charge in [-0.3, -0.25) is 9.10 Å². The van der Waals surface area contributed by atoms with Crippen molar-refractivity contribution >= 4 is 38.9 Å². The molecule has 2 aromatic carbocycles. The monoisotopic (exact) mass is 394 g/mol. The average molecular weight is 395 g/mol. The van der Waals surface area contributed by atoms with E-state index in [0.29, 0.717) is 22.8 Å². The van der Waals surface area contributed by atoms with Crippen molar-refractivity contribution in [1.29, 1.82) is 0 Å². The summed E-state index contributed by atoms with van der Waals surface area (Å²) >= 11 is 6.00. The van der Waals surface area contributed by atoms with Gasteiger partial charge in [0, 0.05) is 10.7 Å². The highest BCUT2D eigenvalue weighted by molar-refractivity contribution is 7.92. The summed E-state index contributed by atoms with van der Waals surface area (Å²) in [4.78, 5) is 12.8. The molecule has 0 saturated heterocycles. The Labute approximate surface area is 160 Å². The molecule has 0 saturated carbocycles. The van der Waals surface area contributed by atoms with E-state index in [2.05, 4.69) is 12.2 Å². The van der Waals surface area contributed by atoms with Gasteiger partial charge in [-0.15, -0.1) is 0 Å². The summed E-state index contributed by atoms with van der Waals surface area (Å²) in [5, 5.41) is 3.21. The minimum absolute atomic E-state index is 0.318. The maximum absolute atomic E-state index is 12.8. The van der Waals surface area contributed by atoms with Crippen LogP contribution in [0.1, 0.15) is 25.8 Å². The number of rotatable bonds is 7. The predicted molar refractivity (Wildman–Crippen MR) is 107 cm³/mol. The van der Waals surface area contributed by atoms with E-state index in [1.807, 2.05) is 24.3 Å². The third-order valence-electron chi connectivity index (χ3n) is 4.02. The van der Waals surface area contributed by atoms with E-state index >= 15 is 0 Å². The Morgan fingerprint density at radius 3 is 2.31 bits per heavy atom. The quantitative estimate of drug-likeness (QED) is 0.769. The van der Waals surface area contributed by atoms with Gasteiger partial charge in [-0.25, -0.2) is 8.42 Å². The lowest BCUT2D eigenvalue weighted by Gasteiger charge is -2.30. The predicted octanol–water partition coefficient (Wildman–Crippen LogP) is 4.09. The summed E-state index contributed by atoms with van der Waals surface area (Å²) in [6, 6.07) is 13.1. The smallest absolute Gasteiger partial charge is 0.248 e. The first-order chi connectivity index (χ1) is 12.3. The summed E-state index contributed by atoms with van der Waals surface area (Å²) in [5.74, 6) is -0.387. The standard InChI is InChI=1S/C19H23ClN2O3S/c1-4-14-9-11-16(12-10-14)21-19(23)18(5-2)22(26(3,24)25)17-8-6-7-15(20)13-17/h6-13,18H,4-5H2,1-3H3,(H,21,23)/t18-/m0/s1. The largest absolute Gasteiger partial charge is 0.324 e. The first-order valence-electron chi connectivity index (χ1n) is 8.41. The van der Waals surface area contributed by atoms with E-state index in [9.17, 15) is 13.2 Å². The van der Waals surface area contributed by atoms with Crippen molar-refractivity contribution < 1.29 is 13.2 Å². The number of hydrogen-bond acceptors (Lipinski definition) is 3. The summed E-state index contributed by atoms with van der Waals surface area (Å²) in [6.45, 7) is 3.82. The third-order valence-corrected chi connectivity index (χ3v) is 5.44. The summed E-state index contributed by atoms with van der Waals surface area (Å²) in [6.07, 6.45) is 2.31. The van der Waals surface area contributed by atoms with E-state index in [1.54, 1.807) is 25.1 Å². The van der Waals surface area contributed by atoms with Gasteiger partial charge in [-0.1, -0.05) is 43.6 Å². The van der Waals surface area contributed by atoms with Crippen LogP contribution < -0.4 is 9.62 Å². The molecule has 0 aliphatic carbocycles. The number of anilines is 2. The molecular formula is C19H23ClN2O3S. The van der Waals surface area contributed by atoms with Crippen molar-refractivity contribution in [2.75, 3.05) is 15.9 Å². The summed E-state index contributed by atoms with van der Waals surface area (Å²) in [5.41, 5.74) is 2.15. The zero-order valence-electron chi connectivity index (χ0n) is 15.1. The fraction of sp³-hybridized carbons (Fsp3) is 0.316. The van der Waals surface area contributed by atoms with Crippen LogP contribution in [-0.2, 0) is 21.2 Å². The molecular weight excluding hydrogens is 372 g/mol. The number of benzene rings is 2.